The fourth-order valence-corrected chi connectivity index (χ4v) is 2.59. The second-order valence-electron chi connectivity index (χ2n) is 5.41. The number of nitrogens with one attached hydrogen (secondary N) is 1. The summed E-state index contributed by atoms with van der Waals surface area (Å²) >= 11 is 0. The van der Waals surface area contributed by atoms with Crippen LogP contribution in [0.2, 0.25) is 0 Å². The number of benzene rings is 2. The third-order valence-corrected chi connectivity index (χ3v) is 3.80. The van der Waals surface area contributed by atoms with Gasteiger partial charge in [0.1, 0.15) is 0 Å². The Hall–Kier alpha value is -3.06. The molecule has 2 aromatic carbocycles. The van der Waals surface area contributed by atoms with Crippen molar-refractivity contribution in [2.45, 2.75) is 19.6 Å². The van der Waals surface area contributed by atoms with Gasteiger partial charge >= 0.3 is 0 Å². The van der Waals surface area contributed by atoms with Gasteiger partial charge in [-0.15, -0.1) is 5.10 Å². The number of hydrogen-bond acceptors (Lipinski definition) is 5. The lowest BCUT2D eigenvalue weighted by atomic mass is 10.1. The molecule has 0 saturated heterocycles. The van der Waals surface area contributed by atoms with Crippen LogP contribution in [0.15, 0.2) is 54.6 Å². The summed E-state index contributed by atoms with van der Waals surface area (Å²) in [6.07, 6.45) is -0.675. The van der Waals surface area contributed by atoms with Crippen molar-refractivity contribution in [3.63, 3.8) is 0 Å². The normalized spacial score (nSPS) is 11.9. The highest BCUT2D eigenvalue weighted by Crippen LogP contribution is 2.23. The van der Waals surface area contributed by atoms with Gasteiger partial charge in [-0.25, -0.2) is 4.68 Å². The Kier molecular flexibility index (Phi) is 5.15. The molecule has 1 atom stereocenters. The summed E-state index contributed by atoms with van der Waals surface area (Å²) in [5.41, 5.74) is 2.29. The second-order valence-corrected chi connectivity index (χ2v) is 5.41. The Morgan fingerprint density at radius 3 is 2.72 bits per heavy atom. The molecule has 1 heterocycles. The fraction of sp³-hybridized carbons (Fsp3) is 0.222. The number of rotatable bonds is 6. The lowest BCUT2D eigenvalue weighted by Crippen LogP contribution is -2.22. The van der Waals surface area contributed by atoms with E-state index >= 15 is 0 Å². The maximum Gasteiger partial charge on any atom is 0.258 e. The third kappa shape index (κ3) is 3.72. The van der Waals surface area contributed by atoms with Gasteiger partial charge in [-0.3, -0.25) is 4.79 Å². The van der Waals surface area contributed by atoms with Crippen LogP contribution in [0.4, 0.5) is 5.69 Å². The number of methoxy groups -OCH3 is 1. The second kappa shape index (κ2) is 7.67. The molecule has 3 aromatic rings. The largest absolute Gasteiger partial charge is 0.367 e. The van der Waals surface area contributed by atoms with E-state index in [2.05, 4.69) is 20.8 Å². The molecule has 0 aliphatic rings. The maximum absolute atomic E-state index is 12.6. The molecule has 0 saturated carbocycles. The Morgan fingerprint density at radius 1 is 1.20 bits per heavy atom. The predicted octanol–water partition coefficient (Wildman–Crippen LogP) is 2.69. The highest BCUT2D eigenvalue weighted by molar-refractivity contribution is 5.95. The van der Waals surface area contributed by atoms with E-state index in [1.807, 2.05) is 61.5 Å². The van der Waals surface area contributed by atoms with Crippen molar-refractivity contribution >= 4 is 11.6 Å². The van der Waals surface area contributed by atoms with Gasteiger partial charge in [0, 0.05) is 24.9 Å². The SMILES string of the molecule is CCn1nnnc1-c1cccc(NC(=O)[C@@H](OC)c2ccccc2)c1. The van der Waals surface area contributed by atoms with Crippen LogP contribution in [0, 0.1) is 0 Å². The first kappa shape index (κ1) is 16.8. The lowest BCUT2D eigenvalue weighted by molar-refractivity contribution is -0.126. The van der Waals surface area contributed by atoms with E-state index in [4.69, 9.17) is 4.74 Å². The molecular weight excluding hydrogens is 318 g/mol. The molecule has 25 heavy (non-hydrogen) atoms. The predicted molar refractivity (Wildman–Crippen MR) is 93.7 cm³/mol. The average molecular weight is 337 g/mol. The minimum atomic E-state index is -0.675. The first-order valence-electron chi connectivity index (χ1n) is 7.98. The molecule has 1 amide bonds. The molecule has 0 aliphatic heterocycles. The van der Waals surface area contributed by atoms with Gasteiger partial charge in [0.05, 0.1) is 0 Å². The molecule has 0 radical (unpaired) electrons. The van der Waals surface area contributed by atoms with Crippen LogP contribution in [0.5, 0.6) is 0 Å². The van der Waals surface area contributed by atoms with Crippen molar-refractivity contribution in [3.8, 4) is 11.4 Å². The van der Waals surface area contributed by atoms with Gasteiger partial charge in [0.2, 0.25) is 0 Å². The maximum atomic E-state index is 12.6. The monoisotopic (exact) mass is 337 g/mol. The molecule has 0 unspecified atom stereocenters. The number of tetrazole rings is 1. The summed E-state index contributed by atoms with van der Waals surface area (Å²) in [5.74, 6) is 0.422. The number of aromatic nitrogens is 4. The van der Waals surface area contributed by atoms with Gasteiger partial charge in [-0.1, -0.05) is 42.5 Å². The zero-order valence-electron chi connectivity index (χ0n) is 14.1. The van der Waals surface area contributed by atoms with Crippen LogP contribution in [-0.4, -0.2) is 33.2 Å². The van der Waals surface area contributed by atoms with E-state index in [0.29, 0.717) is 18.1 Å². The number of hydrogen-bond donors (Lipinski definition) is 1. The first-order valence-corrected chi connectivity index (χ1v) is 7.98. The third-order valence-electron chi connectivity index (χ3n) is 3.80. The summed E-state index contributed by atoms with van der Waals surface area (Å²) in [6.45, 7) is 2.63. The number of carbonyl (C=O) groups excluding carboxylic acids is 1. The minimum Gasteiger partial charge on any atom is -0.367 e. The highest BCUT2D eigenvalue weighted by Gasteiger charge is 2.20. The summed E-state index contributed by atoms with van der Waals surface area (Å²) < 4.78 is 7.06. The molecule has 1 aromatic heterocycles. The number of amides is 1. The molecule has 1 N–H and O–H groups in total. The van der Waals surface area contributed by atoms with Gasteiger partial charge in [-0.05, 0) is 35.0 Å². The first-order chi connectivity index (χ1) is 12.2. The van der Waals surface area contributed by atoms with Gasteiger partial charge in [0.25, 0.3) is 5.91 Å². The van der Waals surface area contributed by atoms with Crippen molar-refractivity contribution in [2.75, 3.05) is 12.4 Å². The Balaban J connectivity index is 1.81. The molecule has 0 aliphatic carbocycles. The van der Waals surface area contributed by atoms with Crippen LogP contribution in [0.1, 0.15) is 18.6 Å². The summed E-state index contributed by atoms with van der Waals surface area (Å²) in [6, 6.07) is 16.8. The van der Waals surface area contributed by atoms with Crippen molar-refractivity contribution in [1.82, 2.24) is 20.2 Å². The van der Waals surface area contributed by atoms with Crippen LogP contribution >= 0.6 is 0 Å². The Labute approximate surface area is 145 Å². The van der Waals surface area contributed by atoms with E-state index in [-0.39, 0.29) is 5.91 Å². The van der Waals surface area contributed by atoms with Gasteiger partial charge in [0.15, 0.2) is 11.9 Å². The molecule has 7 heteroatoms. The van der Waals surface area contributed by atoms with E-state index < -0.39 is 6.10 Å². The number of anilines is 1. The lowest BCUT2D eigenvalue weighted by Gasteiger charge is -2.16. The zero-order valence-corrected chi connectivity index (χ0v) is 14.1. The van der Waals surface area contributed by atoms with Crippen molar-refractivity contribution in [2.24, 2.45) is 0 Å². The van der Waals surface area contributed by atoms with E-state index in [9.17, 15) is 4.79 Å². The van der Waals surface area contributed by atoms with Crippen LogP contribution in [-0.2, 0) is 16.1 Å². The van der Waals surface area contributed by atoms with Crippen molar-refractivity contribution < 1.29 is 9.53 Å². The van der Waals surface area contributed by atoms with Crippen LogP contribution < -0.4 is 5.32 Å². The molecule has 3 rings (SSSR count). The molecule has 7 nitrogen and oxygen atoms in total. The van der Waals surface area contributed by atoms with Crippen LogP contribution in [0.25, 0.3) is 11.4 Å². The van der Waals surface area contributed by atoms with Gasteiger partial charge < -0.3 is 10.1 Å². The zero-order chi connectivity index (χ0) is 17.6. The van der Waals surface area contributed by atoms with Crippen molar-refractivity contribution in [1.29, 1.82) is 0 Å². The topological polar surface area (TPSA) is 81.9 Å². The summed E-state index contributed by atoms with van der Waals surface area (Å²) in [5, 5.41) is 14.6. The number of nitrogens with zero attached hydrogens (tertiary/aromatic N) is 4. The van der Waals surface area contributed by atoms with E-state index in [1.165, 1.54) is 7.11 Å². The molecule has 0 spiro atoms. The highest BCUT2D eigenvalue weighted by atomic mass is 16.5. The van der Waals surface area contributed by atoms with E-state index in [1.54, 1.807) is 4.68 Å². The standard InChI is InChI=1S/C18H19N5O2/c1-3-23-17(20-21-22-23)14-10-7-11-15(12-14)19-18(24)16(25-2)13-8-5-4-6-9-13/h4-12,16H,3H2,1-2H3,(H,19,24)/t16-/m0/s1. The molecule has 0 fully saturated rings. The smallest absolute Gasteiger partial charge is 0.258 e. The number of ether oxygens (including phenoxy) is 1. The quantitative estimate of drug-likeness (QED) is 0.748. The molecule has 0 bridgehead atoms. The minimum absolute atomic E-state index is 0.235. The summed E-state index contributed by atoms with van der Waals surface area (Å²) in [7, 11) is 1.52. The number of aryl methyl sites for hydroxylation is 1. The fourth-order valence-electron chi connectivity index (χ4n) is 2.59. The van der Waals surface area contributed by atoms with Crippen LogP contribution in [0.3, 0.4) is 0 Å². The summed E-state index contributed by atoms with van der Waals surface area (Å²) in [4.78, 5) is 12.6. The Bertz CT molecular complexity index is 847. The van der Waals surface area contributed by atoms with Gasteiger partial charge in [-0.2, -0.15) is 0 Å². The van der Waals surface area contributed by atoms with E-state index in [0.717, 1.165) is 11.1 Å². The van der Waals surface area contributed by atoms with Crippen molar-refractivity contribution in [3.05, 3.63) is 60.2 Å². The molecule has 128 valence electrons. The number of carbonyl (C=O) groups is 1. The average Bonchev–Trinajstić information content (AvgIpc) is 3.12. The molecular formula is C18H19N5O2. The Morgan fingerprint density at radius 2 is 2.00 bits per heavy atom.